The lowest BCUT2D eigenvalue weighted by molar-refractivity contribution is 0.0984. The van der Waals surface area contributed by atoms with Crippen LogP contribution in [0, 0.1) is 12.7 Å². The predicted octanol–water partition coefficient (Wildman–Crippen LogP) is 2.95. The second-order valence-electron chi connectivity index (χ2n) is 7.50. The third-order valence-electron chi connectivity index (χ3n) is 5.70. The lowest BCUT2D eigenvalue weighted by Crippen LogP contribution is -2.31. The van der Waals surface area contributed by atoms with Gasteiger partial charge in [0, 0.05) is 25.3 Å². The van der Waals surface area contributed by atoms with Gasteiger partial charge in [-0.25, -0.2) is 17.5 Å². The highest BCUT2D eigenvalue weighted by Gasteiger charge is 2.31. The molecule has 3 aromatic rings. The molecule has 0 bridgehead atoms. The lowest BCUT2D eigenvalue weighted by Gasteiger charge is -2.20. The van der Waals surface area contributed by atoms with Crippen molar-refractivity contribution >= 4 is 21.6 Å². The molecule has 0 saturated heterocycles. The molecule has 1 amide bonds. The molecule has 4 rings (SSSR count). The molecule has 1 aliphatic rings. The van der Waals surface area contributed by atoms with E-state index in [0.717, 1.165) is 5.56 Å². The third-order valence-corrected chi connectivity index (χ3v) is 7.75. The number of carbonyl (C=O) groups excluding carboxylic acids is 1. The van der Waals surface area contributed by atoms with Crippen molar-refractivity contribution in [1.82, 2.24) is 19.3 Å². The number of anilines is 1. The molecule has 0 unspecified atom stereocenters. The number of carbonyl (C=O) groups is 1. The molecule has 0 aliphatic carbocycles. The van der Waals surface area contributed by atoms with Gasteiger partial charge in [-0.15, -0.1) is 5.10 Å². The van der Waals surface area contributed by atoms with Crippen molar-refractivity contribution in [3.63, 3.8) is 0 Å². The van der Waals surface area contributed by atoms with E-state index in [1.165, 1.54) is 21.1 Å². The quantitative estimate of drug-likeness (QED) is 0.568. The van der Waals surface area contributed by atoms with E-state index in [1.807, 2.05) is 0 Å². The van der Waals surface area contributed by atoms with E-state index >= 15 is 0 Å². The summed E-state index contributed by atoms with van der Waals surface area (Å²) in [6.07, 6.45) is 0.549. The van der Waals surface area contributed by atoms with Gasteiger partial charge in [-0.2, -0.15) is 4.31 Å². The van der Waals surface area contributed by atoms with Gasteiger partial charge in [-0.3, -0.25) is 4.79 Å². The van der Waals surface area contributed by atoms with Gasteiger partial charge in [0.1, 0.15) is 5.82 Å². The van der Waals surface area contributed by atoms with Crippen molar-refractivity contribution in [2.45, 2.75) is 32.1 Å². The summed E-state index contributed by atoms with van der Waals surface area (Å²) >= 11 is 0. The van der Waals surface area contributed by atoms with Gasteiger partial charge in [0.15, 0.2) is 5.69 Å². The van der Waals surface area contributed by atoms with E-state index in [1.54, 1.807) is 56.0 Å². The molecule has 2 heterocycles. The van der Waals surface area contributed by atoms with Crippen LogP contribution in [0.5, 0.6) is 0 Å². The number of hydrogen-bond acceptors (Lipinski definition) is 5. The topological polar surface area (TPSA) is 88.4 Å². The first-order valence-electron chi connectivity index (χ1n) is 10.4. The number of nitrogens with zero attached hydrogens (tertiary/aromatic N) is 5. The number of aromatic nitrogens is 3. The summed E-state index contributed by atoms with van der Waals surface area (Å²) in [4.78, 5) is 15.1. The van der Waals surface area contributed by atoms with Gasteiger partial charge in [0.2, 0.25) is 10.0 Å². The summed E-state index contributed by atoms with van der Waals surface area (Å²) in [6.45, 7) is 6.54. The van der Waals surface area contributed by atoms with Crippen LogP contribution in [-0.4, -0.2) is 53.3 Å². The van der Waals surface area contributed by atoms with Crippen LogP contribution in [-0.2, 0) is 16.4 Å². The Morgan fingerprint density at radius 1 is 1.12 bits per heavy atom. The van der Waals surface area contributed by atoms with Crippen molar-refractivity contribution in [2.75, 3.05) is 24.5 Å². The van der Waals surface area contributed by atoms with E-state index in [4.69, 9.17) is 0 Å². The van der Waals surface area contributed by atoms with Gasteiger partial charge in [-0.1, -0.05) is 19.1 Å². The molecule has 0 radical (unpaired) electrons. The first-order valence-corrected chi connectivity index (χ1v) is 11.8. The molecular formula is C22H24FN5O3S. The Balaban J connectivity index is 1.63. The molecule has 1 aromatic heterocycles. The largest absolute Gasteiger partial charge is 0.306 e. The van der Waals surface area contributed by atoms with Gasteiger partial charge >= 0.3 is 0 Å². The van der Waals surface area contributed by atoms with Crippen molar-refractivity contribution < 1.29 is 17.6 Å². The smallest absolute Gasteiger partial charge is 0.280 e. The molecule has 168 valence electrons. The summed E-state index contributed by atoms with van der Waals surface area (Å²) in [5.41, 5.74) is 2.81. The zero-order valence-electron chi connectivity index (χ0n) is 18.1. The van der Waals surface area contributed by atoms with Crippen molar-refractivity contribution in [1.29, 1.82) is 0 Å². The van der Waals surface area contributed by atoms with Crippen LogP contribution < -0.4 is 4.90 Å². The molecule has 0 N–H and O–H groups in total. The van der Waals surface area contributed by atoms with Crippen LogP contribution in [0.1, 0.15) is 35.6 Å². The van der Waals surface area contributed by atoms with Crippen molar-refractivity contribution in [3.8, 4) is 5.69 Å². The van der Waals surface area contributed by atoms with Crippen LogP contribution in [0.3, 0.4) is 0 Å². The van der Waals surface area contributed by atoms with Gasteiger partial charge in [0.05, 0.1) is 16.3 Å². The lowest BCUT2D eigenvalue weighted by atomic mass is 10.2. The fourth-order valence-corrected chi connectivity index (χ4v) is 5.45. The number of halogens is 1. The fourth-order valence-electron chi connectivity index (χ4n) is 3.94. The van der Waals surface area contributed by atoms with E-state index in [9.17, 15) is 17.6 Å². The van der Waals surface area contributed by atoms with Crippen LogP contribution >= 0.6 is 0 Å². The second-order valence-corrected chi connectivity index (χ2v) is 9.44. The summed E-state index contributed by atoms with van der Waals surface area (Å²) in [7, 11) is -3.57. The first kappa shape index (κ1) is 22.1. The maximum atomic E-state index is 13.2. The van der Waals surface area contributed by atoms with Crippen LogP contribution in [0.15, 0.2) is 47.4 Å². The number of amides is 1. The van der Waals surface area contributed by atoms with E-state index in [-0.39, 0.29) is 22.3 Å². The summed E-state index contributed by atoms with van der Waals surface area (Å²) in [6, 6.07) is 10.6. The van der Waals surface area contributed by atoms with E-state index < -0.39 is 10.0 Å². The Labute approximate surface area is 186 Å². The zero-order chi connectivity index (χ0) is 23.0. The number of fused-ring (bicyclic) bond motifs is 1. The number of sulfonamides is 1. The zero-order valence-corrected chi connectivity index (χ0v) is 18.9. The Morgan fingerprint density at radius 3 is 2.47 bits per heavy atom. The van der Waals surface area contributed by atoms with E-state index in [0.29, 0.717) is 43.1 Å². The summed E-state index contributed by atoms with van der Waals surface area (Å²) in [5, 5.41) is 8.12. The molecule has 1 aliphatic heterocycles. The Hall–Kier alpha value is -3.11. The highest BCUT2D eigenvalue weighted by atomic mass is 32.2. The van der Waals surface area contributed by atoms with Gasteiger partial charge in [0.25, 0.3) is 5.91 Å². The van der Waals surface area contributed by atoms with Crippen molar-refractivity contribution in [3.05, 3.63) is 65.2 Å². The molecule has 8 nitrogen and oxygen atoms in total. The molecule has 10 heteroatoms. The highest BCUT2D eigenvalue weighted by Crippen LogP contribution is 2.32. The van der Waals surface area contributed by atoms with Crippen LogP contribution in [0.4, 0.5) is 10.1 Å². The minimum atomic E-state index is -3.57. The number of benzene rings is 2. The Bertz CT molecular complexity index is 1270. The maximum Gasteiger partial charge on any atom is 0.280 e. The SMILES string of the molecule is CCN(CC)S(=O)(=O)c1ccc2c(c1)CCN2C(=O)c1nnn(-c2ccc(F)cc2)c1C. The molecular weight excluding hydrogens is 433 g/mol. The Morgan fingerprint density at radius 2 is 1.81 bits per heavy atom. The van der Waals surface area contributed by atoms with Crippen LogP contribution in [0.2, 0.25) is 0 Å². The fraction of sp³-hybridized carbons (Fsp3) is 0.318. The Kier molecular flexibility index (Phi) is 5.83. The second kappa shape index (κ2) is 8.44. The first-order chi connectivity index (χ1) is 15.3. The predicted molar refractivity (Wildman–Crippen MR) is 118 cm³/mol. The number of rotatable bonds is 6. The average Bonchev–Trinajstić information content (AvgIpc) is 3.38. The molecule has 2 aromatic carbocycles. The molecule has 0 spiro atoms. The molecule has 0 atom stereocenters. The molecule has 32 heavy (non-hydrogen) atoms. The standard InChI is InChI=1S/C22H24FN5O3S/c1-4-26(5-2)32(30,31)19-10-11-20-16(14-19)12-13-27(20)22(29)21-15(3)28(25-24-21)18-8-6-17(23)7-9-18/h6-11,14H,4-5,12-13H2,1-3H3. The van der Waals surface area contributed by atoms with Crippen LogP contribution in [0.25, 0.3) is 5.69 Å². The average molecular weight is 458 g/mol. The summed E-state index contributed by atoms with van der Waals surface area (Å²) in [5.74, 6) is -0.673. The third kappa shape index (κ3) is 3.69. The van der Waals surface area contributed by atoms with Gasteiger partial charge < -0.3 is 4.90 Å². The molecule has 0 fully saturated rings. The van der Waals surface area contributed by atoms with Crippen molar-refractivity contribution in [2.24, 2.45) is 0 Å². The monoisotopic (exact) mass is 457 g/mol. The summed E-state index contributed by atoms with van der Waals surface area (Å²) < 4.78 is 41.8. The number of hydrogen-bond donors (Lipinski definition) is 0. The highest BCUT2D eigenvalue weighted by molar-refractivity contribution is 7.89. The molecule has 0 saturated carbocycles. The minimum absolute atomic E-state index is 0.196. The van der Waals surface area contributed by atoms with Gasteiger partial charge in [-0.05, 0) is 61.4 Å². The van der Waals surface area contributed by atoms with E-state index in [2.05, 4.69) is 10.3 Å². The maximum absolute atomic E-state index is 13.2. The normalized spacial score (nSPS) is 13.6. The minimum Gasteiger partial charge on any atom is -0.306 e.